The summed E-state index contributed by atoms with van der Waals surface area (Å²) in [6.07, 6.45) is 3.29. The van der Waals surface area contributed by atoms with Crippen molar-refractivity contribution in [1.29, 1.82) is 0 Å². The van der Waals surface area contributed by atoms with Crippen molar-refractivity contribution in [2.24, 2.45) is 0 Å². The summed E-state index contributed by atoms with van der Waals surface area (Å²) in [5.74, 6) is 0. The van der Waals surface area contributed by atoms with E-state index in [2.05, 4.69) is 52.4 Å². The summed E-state index contributed by atoms with van der Waals surface area (Å²) in [6, 6.07) is 8.44. The highest BCUT2D eigenvalue weighted by Crippen LogP contribution is 2.40. The molecule has 1 aromatic rings. The molecule has 4 heteroatoms. The van der Waals surface area contributed by atoms with Crippen LogP contribution in [0.2, 0.25) is 0 Å². The normalized spacial score (nSPS) is 27.6. The fraction of sp³-hybridized carbons (Fsp3) is 0.571. The van der Waals surface area contributed by atoms with Gasteiger partial charge in [-0.15, -0.1) is 11.8 Å². The van der Waals surface area contributed by atoms with Crippen LogP contribution in [0.5, 0.6) is 0 Å². The second kappa shape index (κ2) is 6.42. The molecule has 0 saturated heterocycles. The zero-order valence-electron chi connectivity index (χ0n) is 10.7. The molecule has 0 heterocycles. The maximum absolute atomic E-state index is 9.60. The first-order valence-corrected chi connectivity index (χ1v) is 8.13. The van der Waals surface area contributed by atoms with Crippen LogP contribution in [0, 0.1) is 0 Å². The molecule has 2 unspecified atom stereocenters. The number of hydrogen-bond donors (Lipinski definition) is 2. The zero-order chi connectivity index (χ0) is 13.0. The Morgan fingerprint density at radius 2 is 2.39 bits per heavy atom. The van der Waals surface area contributed by atoms with Crippen molar-refractivity contribution in [3.8, 4) is 0 Å². The van der Waals surface area contributed by atoms with Gasteiger partial charge in [0.15, 0.2) is 0 Å². The molecule has 0 amide bonds. The molecular formula is C14H20BrNOS. The highest BCUT2D eigenvalue weighted by atomic mass is 79.9. The lowest BCUT2D eigenvalue weighted by molar-refractivity contribution is 0.167. The number of hydrogen-bond acceptors (Lipinski definition) is 3. The summed E-state index contributed by atoms with van der Waals surface area (Å²) in [6.45, 7) is 3.28. The summed E-state index contributed by atoms with van der Waals surface area (Å²) in [5.41, 5.74) is -0.0432. The third-order valence-corrected chi connectivity index (χ3v) is 5.27. The number of halogens is 1. The Morgan fingerprint density at radius 1 is 1.56 bits per heavy atom. The predicted molar refractivity (Wildman–Crippen MR) is 81.1 cm³/mol. The van der Waals surface area contributed by atoms with E-state index in [0.29, 0.717) is 5.25 Å². The minimum atomic E-state index is -0.0432. The molecule has 1 aromatic carbocycles. The number of benzene rings is 1. The van der Waals surface area contributed by atoms with Gasteiger partial charge in [0.1, 0.15) is 0 Å². The van der Waals surface area contributed by atoms with Crippen molar-refractivity contribution in [1.82, 2.24) is 5.32 Å². The summed E-state index contributed by atoms with van der Waals surface area (Å²) in [7, 11) is 0. The Hall–Kier alpha value is -0.0300. The lowest BCUT2D eigenvalue weighted by atomic mass is 9.99. The Kier molecular flexibility index (Phi) is 5.13. The molecule has 1 fully saturated rings. The summed E-state index contributed by atoms with van der Waals surface area (Å²) < 4.78 is 1.13. The molecule has 2 atom stereocenters. The average molecular weight is 330 g/mol. The van der Waals surface area contributed by atoms with E-state index in [9.17, 15) is 5.11 Å². The highest BCUT2D eigenvalue weighted by molar-refractivity contribution is 9.10. The van der Waals surface area contributed by atoms with Crippen molar-refractivity contribution in [3.05, 3.63) is 28.7 Å². The first kappa shape index (κ1) is 14.4. The lowest BCUT2D eigenvalue weighted by Gasteiger charge is -2.28. The fourth-order valence-corrected chi connectivity index (χ4v) is 4.57. The molecule has 0 spiro atoms. The third kappa shape index (κ3) is 3.50. The van der Waals surface area contributed by atoms with Gasteiger partial charge >= 0.3 is 0 Å². The molecule has 0 aliphatic heterocycles. The summed E-state index contributed by atoms with van der Waals surface area (Å²) >= 11 is 5.43. The van der Waals surface area contributed by atoms with Crippen LogP contribution >= 0.6 is 27.7 Å². The number of thioether (sulfide) groups is 1. The monoisotopic (exact) mass is 329 g/mol. The average Bonchev–Trinajstić information content (AvgIpc) is 2.74. The molecule has 0 bridgehead atoms. The van der Waals surface area contributed by atoms with E-state index in [-0.39, 0.29) is 12.1 Å². The van der Waals surface area contributed by atoms with Crippen LogP contribution in [-0.4, -0.2) is 29.0 Å². The van der Waals surface area contributed by atoms with Gasteiger partial charge in [0, 0.05) is 20.2 Å². The van der Waals surface area contributed by atoms with Gasteiger partial charge in [-0.2, -0.15) is 0 Å². The smallest absolute Gasteiger partial charge is 0.0613 e. The van der Waals surface area contributed by atoms with Gasteiger partial charge in [-0.3, -0.25) is 0 Å². The second-order valence-corrected chi connectivity index (χ2v) is 7.20. The molecule has 1 aliphatic carbocycles. The van der Waals surface area contributed by atoms with Crippen molar-refractivity contribution in [3.63, 3.8) is 0 Å². The van der Waals surface area contributed by atoms with Crippen LogP contribution in [0.3, 0.4) is 0 Å². The number of aliphatic hydroxyl groups excluding tert-OH is 1. The molecule has 2 N–H and O–H groups in total. The van der Waals surface area contributed by atoms with Gasteiger partial charge in [-0.1, -0.05) is 28.9 Å². The molecule has 1 saturated carbocycles. The van der Waals surface area contributed by atoms with E-state index in [4.69, 9.17) is 0 Å². The van der Waals surface area contributed by atoms with E-state index in [1.807, 2.05) is 11.8 Å². The molecule has 0 radical (unpaired) electrons. The van der Waals surface area contributed by atoms with Gasteiger partial charge in [0.05, 0.1) is 6.61 Å². The maximum Gasteiger partial charge on any atom is 0.0613 e. The van der Waals surface area contributed by atoms with Crippen LogP contribution < -0.4 is 5.32 Å². The van der Waals surface area contributed by atoms with Crippen molar-refractivity contribution >= 4 is 27.7 Å². The van der Waals surface area contributed by atoms with Gasteiger partial charge in [-0.25, -0.2) is 0 Å². The Balaban J connectivity index is 1.96. The SMILES string of the molecule is CCNC1(CO)CCC(Sc2cccc(Br)c2)C1. The molecular weight excluding hydrogens is 310 g/mol. The fourth-order valence-electron chi connectivity index (χ4n) is 2.65. The van der Waals surface area contributed by atoms with Crippen LogP contribution in [0.15, 0.2) is 33.6 Å². The van der Waals surface area contributed by atoms with Crippen molar-refractivity contribution < 1.29 is 5.11 Å². The Morgan fingerprint density at radius 3 is 3.06 bits per heavy atom. The standard InChI is InChI=1S/C14H20BrNOS/c1-2-16-14(10-17)7-6-13(9-14)18-12-5-3-4-11(15)8-12/h3-5,8,13,16-17H,2,6-7,9-10H2,1H3. The Bertz CT molecular complexity index is 401. The largest absolute Gasteiger partial charge is 0.394 e. The predicted octanol–water partition coefficient (Wildman–Crippen LogP) is 3.43. The number of nitrogens with one attached hydrogen (secondary N) is 1. The molecule has 1 aliphatic rings. The number of likely N-dealkylation sites (N-methyl/N-ethyl adjacent to an activating group) is 1. The van der Waals surface area contributed by atoms with E-state index in [1.165, 1.54) is 11.3 Å². The van der Waals surface area contributed by atoms with E-state index < -0.39 is 0 Å². The molecule has 0 aromatic heterocycles. The van der Waals surface area contributed by atoms with Gasteiger partial charge < -0.3 is 10.4 Å². The summed E-state index contributed by atoms with van der Waals surface area (Å²) in [4.78, 5) is 1.31. The number of rotatable bonds is 5. The molecule has 18 heavy (non-hydrogen) atoms. The van der Waals surface area contributed by atoms with Crippen LogP contribution in [0.1, 0.15) is 26.2 Å². The first-order valence-electron chi connectivity index (χ1n) is 6.45. The second-order valence-electron chi connectivity index (χ2n) is 4.91. The van der Waals surface area contributed by atoms with Gasteiger partial charge in [0.2, 0.25) is 0 Å². The minimum absolute atomic E-state index is 0.0432. The minimum Gasteiger partial charge on any atom is -0.394 e. The van der Waals surface area contributed by atoms with Gasteiger partial charge in [0.25, 0.3) is 0 Å². The first-order chi connectivity index (χ1) is 8.67. The van der Waals surface area contributed by atoms with Crippen LogP contribution in [0.4, 0.5) is 0 Å². The molecule has 100 valence electrons. The van der Waals surface area contributed by atoms with Crippen molar-refractivity contribution in [2.75, 3.05) is 13.2 Å². The maximum atomic E-state index is 9.60. The topological polar surface area (TPSA) is 32.3 Å². The third-order valence-electron chi connectivity index (χ3n) is 3.52. The van der Waals surface area contributed by atoms with Gasteiger partial charge in [-0.05, 0) is 44.0 Å². The van der Waals surface area contributed by atoms with E-state index >= 15 is 0 Å². The Labute approximate surface area is 122 Å². The van der Waals surface area contributed by atoms with E-state index in [0.717, 1.165) is 23.9 Å². The van der Waals surface area contributed by atoms with Crippen LogP contribution in [0.25, 0.3) is 0 Å². The molecule has 2 nitrogen and oxygen atoms in total. The van der Waals surface area contributed by atoms with Crippen LogP contribution in [-0.2, 0) is 0 Å². The molecule has 2 rings (SSSR count). The quantitative estimate of drug-likeness (QED) is 0.867. The van der Waals surface area contributed by atoms with E-state index in [1.54, 1.807) is 0 Å². The number of aliphatic hydroxyl groups is 1. The highest BCUT2D eigenvalue weighted by Gasteiger charge is 2.38. The van der Waals surface area contributed by atoms with Crippen molar-refractivity contribution in [2.45, 2.75) is 41.9 Å². The summed E-state index contributed by atoms with van der Waals surface area (Å²) in [5, 5.41) is 13.7. The lowest BCUT2D eigenvalue weighted by Crippen LogP contribution is -2.46. The zero-order valence-corrected chi connectivity index (χ0v) is 13.1.